The van der Waals surface area contributed by atoms with Gasteiger partial charge in [-0.2, -0.15) is 0 Å². The van der Waals surface area contributed by atoms with Crippen molar-refractivity contribution in [2.24, 2.45) is 5.73 Å². The first-order chi connectivity index (χ1) is 7.13. The third-order valence-corrected chi connectivity index (χ3v) is 4.02. The summed E-state index contributed by atoms with van der Waals surface area (Å²) in [4.78, 5) is 0. The molecule has 0 amide bonds. The Morgan fingerprint density at radius 1 is 1.27 bits per heavy atom. The SMILES string of the molecule is CCc1cc([C@@H](N)CO)cc(CC)c1I. The molecular weight excluding hydrogens is 301 g/mol. The number of rotatable bonds is 4. The molecule has 1 atom stereocenters. The number of aryl methyl sites for hydroxylation is 2. The second-order valence-corrected chi connectivity index (χ2v) is 4.73. The van der Waals surface area contributed by atoms with Gasteiger partial charge in [-0.15, -0.1) is 0 Å². The summed E-state index contributed by atoms with van der Waals surface area (Å²) in [6.07, 6.45) is 2.02. The van der Waals surface area contributed by atoms with E-state index in [-0.39, 0.29) is 12.6 Å². The molecule has 0 saturated carbocycles. The Balaban J connectivity index is 3.20. The highest BCUT2D eigenvalue weighted by molar-refractivity contribution is 14.1. The largest absolute Gasteiger partial charge is 0.394 e. The maximum Gasteiger partial charge on any atom is 0.0624 e. The Labute approximate surface area is 105 Å². The molecule has 0 unspecified atom stereocenters. The molecule has 1 rings (SSSR count). The van der Waals surface area contributed by atoms with Crippen LogP contribution in [0, 0.1) is 3.57 Å². The molecular formula is C12H18INO. The Bertz CT molecular complexity index is 313. The van der Waals surface area contributed by atoms with Crippen LogP contribution in [-0.4, -0.2) is 11.7 Å². The average Bonchev–Trinajstić information content (AvgIpc) is 2.28. The van der Waals surface area contributed by atoms with E-state index in [9.17, 15) is 0 Å². The van der Waals surface area contributed by atoms with Gasteiger partial charge in [0.25, 0.3) is 0 Å². The van der Waals surface area contributed by atoms with Crippen molar-refractivity contribution in [2.45, 2.75) is 32.7 Å². The molecule has 0 saturated heterocycles. The molecule has 0 radical (unpaired) electrons. The minimum Gasteiger partial charge on any atom is -0.394 e. The first-order valence-electron chi connectivity index (χ1n) is 5.31. The number of nitrogens with two attached hydrogens (primary N) is 1. The average molecular weight is 319 g/mol. The maximum atomic E-state index is 9.06. The van der Waals surface area contributed by atoms with E-state index < -0.39 is 0 Å². The summed E-state index contributed by atoms with van der Waals surface area (Å²) < 4.78 is 1.34. The van der Waals surface area contributed by atoms with Gasteiger partial charge in [0.1, 0.15) is 0 Å². The zero-order valence-electron chi connectivity index (χ0n) is 9.26. The predicted molar refractivity (Wildman–Crippen MR) is 71.9 cm³/mol. The number of hydrogen-bond acceptors (Lipinski definition) is 2. The molecule has 0 aliphatic rings. The van der Waals surface area contributed by atoms with E-state index in [1.807, 2.05) is 0 Å². The van der Waals surface area contributed by atoms with E-state index in [1.165, 1.54) is 14.7 Å². The molecule has 0 bridgehead atoms. The Morgan fingerprint density at radius 2 is 1.73 bits per heavy atom. The second-order valence-electron chi connectivity index (χ2n) is 3.65. The summed E-state index contributed by atoms with van der Waals surface area (Å²) in [5, 5.41) is 9.06. The van der Waals surface area contributed by atoms with Gasteiger partial charge in [0.05, 0.1) is 12.6 Å². The molecule has 0 spiro atoms. The molecule has 0 aliphatic carbocycles. The molecule has 0 aromatic heterocycles. The lowest BCUT2D eigenvalue weighted by Crippen LogP contribution is -2.15. The molecule has 0 fully saturated rings. The van der Waals surface area contributed by atoms with E-state index in [0.717, 1.165) is 18.4 Å². The minimum atomic E-state index is -0.252. The van der Waals surface area contributed by atoms with Crippen molar-refractivity contribution < 1.29 is 5.11 Å². The van der Waals surface area contributed by atoms with Gasteiger partial charge in [-0.3, -0.25) is 0 Å². The highest BCUT2D eigenvalue weighted by atomic mass is 127. The van der Waals surface area contributed by atoms with Crippen LogP contribution in [-0.2, 0) is 12.8 Å². The molecule has 15 heavy (non-hydrogen) atoms. The zero-order chi connectivity index (χ0) is 11.4. The van der Waals surface area contributed by atoms with Gasteiger partial charge in [0, 0.05) is 3.57 Å². The third-order valence-electron chi connectivity index (χ3n) is 2.63. The Hall–Kier alpha value is -0.130. The van der Waals surface area contributed by atoms with Gasteiger partial charge >= 0.3 is 0 Å². The van der Waals surface area contributed by atoms with Crippen molar-refractivity contribution in [1.29, 1.82) is 0 Å². The molecule has 1 aromatic carbocycles. The third kappa shape index (κ3) is 2.92. The van der Waals surface area contributed by atoms with Gasteiger partial charge in [0.15, 0.2) is 0 Å². The van der Waals surface area contributed by atoms with Crippen LogP contribution < -0.4 is 5.73 Å². The van der Waals surface area contributed by atoms with Gasteiger partial charge in [-0.05, 0) is 52.1 Å². The number of aliphatic hydroxyl groups excluding tert-OH is 1. The first kappa shape index (κ1) is 12.9. The highest BCUT2D eigenvalue weighted by Gasteiger charge is 2.10. The summed E-state index contributed by atoms with van der Waals surface area (Å²) in [5.74, 6) is 0. The Kier molecular flexibility index (Phi) is 5.02. The van der Waals surface area contributed by atoms with Crippen molar-refractivity contribution in [3.8, 4) is 0 Å². The minimum absolute atomic E-state index is 0.00685. The van der Waals surface area contributed by atoms with Gasteiger partial charge in [0.2, 0.25) is 0 Å². The fraction of sp³-hybridized carbons (Fsp3) is 0.500. The fourth-order valence-electron chi connectivity index (χ4n) is 1.61. The van der Waals surface area contributed by atoms with Crippen LogP contribution in [0.1, 0.15) is 36.6 Å². The fourth-order valence-corrected chi connectivity index (χ4v) is 2.69. The van der Waals surface area contributed by atoms with Crippen LogP contribution in [0.15, 0.2) is 12.1 Å². The van der Waals surface area contributed by atoms with Crippen LogP contribution in [0.5, 0.6) is 0 Å². The van der Waals surface area contributed by atoms with Crippen LogP contribution in [0.25, 0.3) is 0 Å². The van der Waals surface area contributed by atoms with Crippen LogP contribution >= 0.6 is 22.6 Å². The topological polar surface area (TPSA) is 46.2 Å². The lowest BCUT2D eigenvalue weighted by molar-refractivity contribution is 0.268. The molecule has 84 valence electrons. The van der Waals surface area contributed by atoms with E-state index in [2.05, 4.69) is 48.6 Å². The lowest BCUT2D eigenvalue weighted by atomic mass is 9.99. The van der Waals surface area contributed by atoms with Crippen LogP contribution in [0.2, 0.25) is 0 Å². The summed E-state index contributed by atoms with van der Waals surface area (Å²) in [6, 6.07) is 3.97. The van der Waals surface area contributed by atoms with E-state index in [4.69, 9.17) is 10.8 Å². The molecule has 3 heteroatoms. The van der Waals surface area contributed by atoms with Crippen LogP contribution in [0.3, 0.4) is 0 Å². The standard InChI is InChI=1S/C12H18INO/c1-3-8-5-10(11(14)7-15)6-9(4-2)12(8)13/h5-6,11,15H,3-4,7,14H2,1-2H3/t11-/m0/s1. The summed E-state index contributed by atoms with van der Waals surface area (Å²) in [5.41, 5.74) is 9.54. The van der Waals surface area contributed by atoms with Crippen molar-refractivity contribution in [2.75, 3.05) is 6.61 Å². The molecule has 1 aromatic rings. The van der Waals surface area contributed by atoms with Crippen molar-refractivity contribution in [1.82, 2.24) is 0 Å². The van der Waals surface area contributed by atoms with E-state index in [1.54, 1.807) is 0 Å². The normalized spacial score (nSPS) is 12.9. The molecule has 2 nitrogen and oxygen atoms in total. The summed E-state index contributed by atoms with van der Waals surface area (Å²) in [6.45, 7) is 4.29. The lowest BCUT2D eigenvalue weighted by Gasteiger charge is -2.14. The van der Waals surface area contributed by atoms with Gasteiger partial charge in [-0.25, -0.2) is 0 Å². The molecule has 0 heterocycles. The smallest absolute Gasteiger partial charge is 0.0624 e. The number of aliphatic hydroxyl groups is 1. The summed E-state index contributed by atoms with van der Waals surface area (Å²) in [7, 11) is 0. The Morgan fingerprint density at radius 3 is 2.07 bits per heavy atom. The number of hydrogen-bond donors (Lipinski definition) is 2. The number of halogens is 1. The number of benzene rings is 1. The van der Waals surface area contributed by atoms with E-state index in [0.29, 0.717) is 0 Å². The predicted octanol–water partition coefficient (Wildman–Crippen LogP) is 2.41. The van der Waals surface area contributed by atoms with Gasteiger partial charge < -0.3 is 10.8 Å². The van der Waals surface area contributed by atoms with Crippen LogP contribution in [0.4, 0.5) is 0 Å². The zero-order valence-corrected chi connectivity index (χ0v) is 11.4. The highest BCUT2D eigenvalue weighted by Crippen LogP contribution is 2.23. The monoisotopic (exact) mass is 319 g/mol. The molecule has 3 N–H and O–H groups in total. The quantitative estimate of drug-likeness (QED) is 0.837. The second kappa shape index (κ2) is 5.82. The van der Waals surface area contributed by atoms with E-state index >= 15 is 0 Å². The van der Waals surface area contributed by atoms with Crippen molar-refractivity contribution >= 4 is 22.6 Å². The maximum absolute atomic E-state index is 9.06. The summed E-state index contributed by atoms with van der Waals surface area (Å²) >= 11 is 2.39. The van der Waals surface area contributed by atoms with Crippen molar-refractivity contribution in [3.63, 3.8) is 0 Å². The first-order valence-corrected chi connectivity index (χ1v) is 6.39. The van der Waals surface area contributed by atoms with Crippen molar-refractivity contribution in [3.05, 3.63) is 32.4 Å². The van der Waals surface area contributed by atoms with Gasteiger partial charge in [-0.1, -0.05) is 26.0 Å². The molecule has 0 aliphatic heterocycles.